The molecular formula is C23H27N4O+. The smallest absolute Gasteiger partial charge is 0.279 e. The number of nitrogens with zero attached hydrogens (tertiary/aromatic N) is 2. The molecular weight excluding hydrogens is 348 g/mol. The van der Waals surface area contributed by atoms with E-state index in [-0.39, 0.29) is 5.91 Å². The summed E-state index contributed by atoms with van der Waals surface area (Å²) in [5.74, 6) is 1.02. The van der Waals surface area contributed by atoms with Gasteiger partial charge in [0.15, 0.2) is 6.54 Å². The lowest BCUT2D eigenvalue weighted by Gasteiger charge is -2.20. The van der Waals surface area contributed by atoms with Gasteiger partial charge < -0.3 is 15.1 Å². The van der Waals surface area contributed by atoms with Gasteiger partial charge in [-0.25, -0.2) is 4.98 Å². The minimum atomic E-state index is 0.0652. The van der Waals surface area contributed by atoms with Gasteiger partial charge in [0.1, 0.15) is 5.82 Å². The Morgan fingerprint density at radius 1 is 1.07 bits per heavy atom. The number of hydrogen-bond donors (Lipinski definition) is 2. The zero-order chi connectivity index (χ0) is 19.5. The van der Waals surface area contributed by atoms with E-state index in [2.05, 4.69) is 36.2 Å². The fraction of sp³-hybridized carbons (Fsp3) is 0.304. The number of carbonyl (C=O) groups excluding carboxylic acids is 1. The van der Waals surface area contributed by atoms with E-state index < -0.39 is 0 Å². The number of amides is 1. The molecule has 1 aliphatic heterocycles. The quantitative estimate of drug-likeness (QED) is 0.697. The van der Waals surface area contributed by atoms with Crippen LogP contribution in [-0.2, 0) is 11.2 Å². The normalized spacial score (nSPS) is 13.2. The molecule has 0 bridgehead atoms. The minimum Gasteiger partial charge on any atom is -0.328 e. The summed E-state index contributed by atoms with van der Waals surface area (Å²) in [6.07, 6.45) is 0.871. The molecule has 1 aromatic heterocycles. The second-order valence-electron chi connectivity index (χ2n) is 7.23. The number of rotatable bonds is 6. The summed E-state index contributed by atoms with van der Waals surface area (Å²) >= 11 is 0. The van der Waals surface area contributed by atoms with E-state index in [0.29, 0.717) is 6.54 Å². The van der Waals surface area contributed by atoms with Gasteiger partial charge in [0.25, 0.3) is 5.91 Å². The SMILES string of the molecule is CC[NH+](CC)CC(=O)Nc1c2c(nc3ccccc13)N(c1ccccc1)CC2. The van der Waals surface area contributed by atoms with E-state index in [4.69, 9.17) is 4.98 Å². The molecule has 5 nitrogen and oxygen atoms in total. The predicted molar refractivity (Wildman–Crippen MR) is 114 cm³/mol. The highest BCUT2D eigenvalue weighted by atomic mass is 16.2. The molecule has 5 heteroatoms. The zero-order valence-corrected chi connectivity index (χ0v) is 16.5. The van der Waals surface area contributed by atoms with Crippen molar-refractivity contribution in [1.82, 2.24) is 4.98 Å². The Morgan fingerprint density at radius 2 is 1.79 bits per heavy atom. The molecule has 0 unspecified atom stereocenters. The lowest BCUT2D eigenvalue weighted by molar-refractivity contribution is -0.888. The first-order valence-corrected chi connectivity index (χ1v) is 10.1. The van der Waals surface area contributed by atoms with Crippen LogP contribution in [0.25, 0.3) is 10.9 Å². The van der Waals surface area contributed by atoms with Crippen molar-refractivity contribution in [2.45, 2.75) is 20.3 Å². The number of quaternary nitrogens is 1. The maximum absolute atomic E-state index is 12.8. The third-order valence-electron chi connectivity index (χ3n) is 5.56. The molecule has 0 radical (unpaired) electrons. The van der Waals surface area contributed by atoms with E-state index in [9.17, 15) is 4.79 Å². The Hall–Kier alpha value is -2.92. The van der Waals surface area contributed by atoms with Crippen LogP contribution >= 0.6 is 0 Å². The predicted octanol–water partition coefficient (Wildman–Crippen LogP) is 2.79. The number of para-hydroxylation sites is 2. The van der Waals surface area contributed by atoms with Crippen molar-refractivity contribution in [2.75, 3.05) is 36.4 Å². The molecule has 4 rings (SSSR count). The molecule has 0 fully saturated rings. The van der Waals surface area contributed by atoms with Gasteiger partial charge in [0.2, 0.25) is 0 Å². The first-order chi connectivity index (χ1) is 13.7. The molecule has 0 saturated heterocycles. The van der Waals surface area contributed by atoms with Gasteiger partial charge in [-0.2, -0.15) is 0 Å². The van der Waals surface area contributed by atoms with Gasteiger partial charge in [0, 0.05) is 23.2 Å². The molecule has 2 heterocycles. The highest BCUT2D eigenvalue weighted by Crippen LogP contribution is 2.40. The fourth-order valence-corrected chi connectivity index (χ4v) is 3.94. The highest BCUT2D eigenvalue weighted by molar-refractivity contribution is 6.04. The molecule has 0 saturated carbocycles. The molecule has 144 valence electrons. The zero-order valence-electron chi connectivity index (χ0n) is 16.5. The van der Waals surface area contributed by atoms with Gasteiger partial charge in [-0.15, -0.1) is 0 Å². The summed E-state index contributed by atoms with van der Waals surface area (Å²) in [5, 5.41) is 4.24. The van der Waals surface area contributed by atoms with Crippen molar-refractivity contribution in [3.8, 4) is 0 Å². The largest absolute Gasteiger partial charge is 0.328 e. The number of hydrogen-bond acceptors (Lipinski definition) is 3. The number of aromatic nitrogens is 1. The van der Waals surface area contributed by atoms with Crippen molar-refractivity contribution in [1.29, 1.82) is 0 Å². The fourth-order valence-electron chi connectivity index (χ4n) is 3.94. The Bertz CT molecular complexity index is 983. The van der Waals surface area contributed by atoms with Crippen molar-refractivity contribution in [3.63, 3.8) is 0 Å². The van der Waals surface area contributed by atoms with Gasteiger partial charge in [-0.1, -0.05) is 36.4 Å². The second kappa shape index (κ2) is 7.98. The molecule has 28 heavy (non-hydrogen) atoms. The van der Waals surface area contributed by atoms with Crippen LogP contribution in [0.15, 0.2) is 54.6 Å². The van der Waals surface area contributed by atoms with Crippen LogP contribution in [0.2, 0.25) is 0 Å². The van der Waals surface area contributed by atoms with E-state index in [1.54, 1.807) is 0 Å². The highest BCUT2D eigenvalue weighted by Gasteiger charge is 2.27. The maximum atomic E-state index is 12.8. The molecule has 1 amide bonds. The molecule has 0 atom stereocenters. The van der Waals surface area contributed by atoms with E-state index in [1.165, 1.54) is 4.90 Å². The van der Waals surface area contributed by atoms with Gasteiger partial charge in [0.05, 0.1) is 24.3 Å². The van der Waals surface area contributed by atoms with Crippen molar-refractivity contribution < 1.29 is 9.69 Å². The first-order valence-electron chi connectivity index (χ1n) is 10.1. The van der Waals surface area contributed by atoms with Gasteiger partial charge >= 0.3 is 0 Å². The van der Waals surface area contributed by atoms with Gasteiger partial charge in [-0.3, -0.25) is 4.79 Å². The number of benzene rings is 2. The third kappa shape index (κ3) is 3.45. The topological polar surface area (TPSA) is 49.7 Å². The first kappa shape index (κ1) is 18.4. The Morgan fingerprint density at radius 3 is 2.54 bits per heavy atom. The summed E-state index contributed by atoms with van der Waals surface area (Å²) in [4.78, 5) is 21.2. The lowest BCUT2D eigenvalue weighted by atomic mass is 10.1. The van der Waals surface area contributed by atoms with Crippen LogP contribution in [-0.4, -0.2) is 37.1 Å². The summed E-state index contributed by atoms with van der Waals surface area (Å²) in [6, 6.07) is 18.4. The molecule has 0 spiro atoms. The number of anilines is 3. The van der Waals surface area contributed by atoms with Crippen LogP contribution in [0, 0.1) is 0 Å². The maximum Gasteiger partial charge on any atom is 0.279 e. The molecule has 1 aliphatic rings. The van der Waals surface area contributed by atoms with E-state index in [0.717, 1.165) is 59.7 Å². The Labute approximate surface area is 166 Å². The number of nitrogens with one attached hydrogen (secondary N) is 2. The van der Waals surface area contributed by atoms with Crippen LogP contribution in [0.3, 0.4) is 0 Å². The molecule has 2 N–H and O–H groups in total. The number of pyridine rings is 1. The van der Waals surface area contributed by atoms with Crippen molar-refractivity contribution >= 4 is 34.0 Å². The van der Waals surface area contributed by atoms with Crippen LogP contribution in [0.5, 0.6) is 0 Å². The number of carbonyl (C=O) groups is 1. The summed E-state index contributed by atoms with van der Waals surface area (Å²) < 4.78 is 0. The standard InChI is InChI=1S/C23H26N4O/c1-3-26(4-2)16-21(28)25-22-18-12-8-9-13-20(18)24-23-19(22)14-15-27(23)17-10-6-5-7-11-17/h5-13H,3-4,14-16H2,1-2H3,(H,24,25,28)/p+1. The Kier molecular flexibility index (Phi) is 5.26. The summed E-state index contributed by atoms with van der Waals surface area (Å²) in [7, 11) is 0. The molecule has 0 aliphatic carbocycles. The van der Waals surface area contributed by atoms with Crippen LogP contribution in [0.1, 0.15) is 19.4 Å². The molecule has 3 aromatic rings. The Balaban J connectivity index is 1.75. The average molecular weight is 375 g/mol. The third-order valence-corrected chi connectivity index (χ3v) is 5.56. The average Bonchev–Trinajstić information content (AvgIpc) is 3.16. The van der Waals surface area contributed by atoms with Crippen molar-refractivity contribution in [3.05, 3.63) is 60.2 Å². The number of fused-ring (bicyclic) bond motifs is 2. The van der Waals surface area contributed by atoms with E-state index >= 15 is 0 Å². The van der Waals surface area contributed by atoms with Gasteiger partial charge in [-0.05, 0) is 38.5 Å². The lowest BCUT2D eigenvalue weighted by Crippen LogP contribution is -3.12. The minimum absolute atomic E-state index is 0.0652. The van der Waals surface area contributed by atoms with Crippen molar-refractivity contribution in [2.24, 2.45) is 0 Å². The van der Waals surface area contributed by atoms with E-state index in [1.807, 2.05) is 42.5 Å². The van der Waals surface area contributed by atoms with Crippen LogP contribution in [0.4, 0.5) is 17.2 Å². The number of likely N-dealkylation sites (N-methyl/N-ethyl adjacent to an activating group) is 1. The molecule has 2 aromatic carbocycles. The second-order valence-corrected chi connectivity index (χ2v) is 7.23. The summed E-state index contributed by atoms with van der Waals surface area (Å²) in [5.41, 5.74) is 4.10. The summed E-state index contributed by atoms with van der Waals surface area (Å²) in [6.45, 7) is 7.47. The van der Waals surface area contributed by atoms with Crippen LogP contribution < -0.4 is 15.1 Å². The monoisotopic (exact) mass is 375 g/mol.